The number of aliphatic hydroxyl groups is 1. The minimum absolute atomic E-state index is 0.0217. The van der Waals surface area contributed by atoms with Crippen LogP contribution in [0, 0.1) is 0 Å². The molecule has 0 aliphatic rings. The fourth-order valence-corrected chi connectivity index (χ4v) is 3.11. The van der Waals surface area contributed by atoms with Gasteiger partial charge in [0.05, 0.1) is 18.2 Å². The molecule has 114 valence electrons. The van der Waals surface area contributed by atoms with Crippen molar-refractivity contribution in [3.8, 4) is 5.75 Å². The van der Waals surface area contributed by atoms with E-state index in [0.717, 1.165) is 0 Å². The van der Waals surface area contributed by atoms with Crippen molar-refractivity contribution in [3.05, 3.63) is 18.2 Å². The van der Waals surface area contributed by atoms with E-state index in [1.54, 1.807) is 13.8 Å². The van der Waals surface area contributed by atoms with Crippen LogP contribution in [0.5, 0.6) is 5.75 Å². The van der Waals surface area contributed by atoms with E-state index in [1.165, 1.54) is 39.2 Å². The second-order valence-electron chi connectivity index (χ2n) is 5.70. The van der Waals surface area contributed by atoms with E-state index in [4.69, 9.17) is 10.5 Å². The van der Waals surface area contributed by atoms with Crippen LogP contribution in [0.1, 0.15) is 27.7 Å². The Kier molecular flexibility index (Phi) is 4.38. The first-order valence-corrected chi connectivity index (χ1v) is 7.59. The third kappa shape index (κ3) is 3.41. The van der Waals surface area contributed by atoms with Crippen molar-refractivity contribution in [1.29, 1.82) is 0 Å². The maximum Gasteiger partial charge on any atom is 0.244 e. The van der Waals surface area contributed by atoms with Gasteiger partial charge < -0.3 is 15.6 Å². The van der Waals surface area contributed by atoms with Gasteiger partial charge in [-0.1, -0.05) is 0 Å². The minimum Gasteiger partial charge on any atom is -0.495 e. The molecule has 0 saturated heterocycles. The Hall–Kier alpha value is -1.31. The Balaban J connectivity index is 3.26. The van der Waals surface area contributed by atoms with Gasteiger partial charge in [-0.15, -0.1) is 0 Å². The molecule has 1 aromatic carbocycles. The molecule has 1 rings (SSSR count). The molecule has 0 aromatic heterocycles. The third-order valence-corrected chi connectivity index (χ3v) is 5.09. The van der Waals surface area contributed by atoms with Gasteiger partial charge >= 0.3 is 0 Å². The number of anilines is 1. The molecule has 0 spiro atoms. The zero-order valence-electron chi connectivity index (χ0n) is 12.4. The quantitative estimate of drug-likeness (QED) is 0.707. The van der Waals surface area contributed by atoms with Crippen molar-refractivity contribution in [2.45, 2.75) is 43.7 Å². The number of methoxy groups -OCH3 is 1. The lowest BCUT2D eigenvalue weighted by atomic mass is 9.87. The lowest BCUT2D eigenvalue weighted by Crippen LogP contribution is -2.57. The van der Waals surface area contributed by atoms with Crippen LogP contribution in [0.2, 0.25) is 0 Å². The average molecular weight is 302 g/mol. The standard InChI is InChI=1S/C13H22N2O4S/c1-12(2,13(3,4)16)15-20(17,18)11-7-6-9(14)8-10(11)19-5/h6-8,15-16H,14H2,1-5H3. The molecule has 0 unspecified atom stereocenters. The highest BCUT2D eigenvalue weighted by Crippen LogP contribution is 2.29. The fraction of sp³-hybridized carbons (Fsp3) is 0.538. The number of nitrogens with one attached hydrogen (secondary N) is 1. The Morgan fingerprint density at radius 1 is 1.25 bits per heavy atom. The topological polar surface area (TPSA) is 102 Å². The van der Waals surface area contributed by atoms with E-state index in [-0.39, 0.29) is 10.6 Å². The molecule has 0 bridgehead atoms. The maximum absolute atomic E-state index is 12.4. The van der Waals surface area contributed by atoms with Crippen LogP contribution in [0.15, 0.2) is 23.1 Å². The predicted molar refractivity (Wildman–Crippen MR) is 78.1 cm³/mol. The second-order valence-corrected chi connectivity index (χ2v) is 7.35. The summed E-state index contributed by atoms with van der Waals surface area (Å²) in [4.78, 5) is -0.0217. The van der Waals surface area contributed by atoms with E-state index < -0.39 is 21.2 Å². The molecule has 0 aliphatic carbocycles. The monoisotopic (exact) mass is 302 g/mol. The molecule has 7 heteroatoms. The normalized spacial score (nSPS) is 13.3. The maximum atomic E-state index is 12.4. The third-order valence-electron chi connectivity index (χ3n) is 3.40. The highest BCUT2D eigenvalue weighted by atomic mass is 32.2. The smallest absolute Gasteiger partial charge is 0.244 e. The molecule has 0 atom stereocenters. The second kappa shape index (κ2) is 5.23. The van der Waals surface area contributed by atoms with E-state index in [2.05, 4.69) is 4.72 Å². The number of rotatable bonds is 5. The van der Waals surface area contributed by atoms with Crippen LogP contribution in [-0.2, 0) is 10.0 Å². The number of ether oxygens (including phenoxy) is 1. The summed E-state index contributed by atoms with van der Waals surface area (Å²) in [5.41, 5.74) is 3.72. The predicted octanol–water partition coefficient (Wildman–Crippen LogP) is 1.11. The molecule has 1 aromatic rings. The van der Waals surface area contributed by atoms with Crippen LogP contribution in [0.3, 0.4) is 0 Å². The Bertz CT molecular complexity index is 589. The summed E-state index contributed by atoms with van der Waals surface area (Å²) < 4.78 is 32.4. The van der Waals surface area contributed by atoms with Crippen molar-refractivity contribution in [2.24, 2.45) is 0 Å². The Morgan fingerprint density at radius 2 is 1.80 bits per heavy atom. The van der Waals surface area contributed by atoms with Crippen molar-refractivity contribution in [3.63, 3.8) is 0 Å². The van der Waals surface area contributed by atoms with Gasteiger partial charge in [0, 0.05) is 11.8 Å². The first kappa shape index (κ1) is 16.7. The van der Waals surface area contributed by atoms with Crippen LogP contribution in [0.4, 0.5) is 5.69 Å². The number of sulfonamides is 1. The Labute approximate surface area is 120 Å². The van der Waals surface area contributed by atoms with Gasteiger partial charge in [0.15, 0.2) is 0 Å². The zero-order valence-corrected chi connectivity index (χ0v) is 13.2. The van der Waals surface area contributed by atoms with Crippen molar-refractivity contribution in [1.82, 2.24) is 4.72 Å². The average Bonchev–Trinajstić information content (AvgIpc) is 2.25. The van der Waals surface area contributed by atoms with Crippen LogP contribution in [0.25, 0.3) is 0 Å². The number of nitrogens with two attached hydrogens (primary N) is 1. The largest absolute Gasteiger partial charge is 0.495 e. The van der Waals surface area contributed by atoms with E-state index in [9.17, 15) is 13.5 Å². The van der Waals surface area contributed by atoms with Gasteiger partial charge in [-0.2, -0.15) is 0 Å². The van der Waals surface area contributed by atoms with Crippen molar-refractivity contribution < 1.29 is 18.3 Å². The summed E-state index contributed by atoms with van der Waals surface area (Å²) in [6, 6.07) is 4.29. The van der Waals surface area contributed by atoms with E-state index in [0.29, 0.717) is 5.69 Å². The SMILES string of the molecule is COc1cc(N)ccc1S(=O)(=O)NC(C)(C)C(C)(C)O. The van der Waals surface area contributed by atoms with E-state index in [1.807, 2.05) is 0 Å². The number of hydrogen-bond acceptors (Lipinski definition) is 5. The summed E-state index contributed by atoms with van der Waals surface area (Å²) in [6.45, 7) is 6.29. The number of nitrogen functional groups attached to an aromatic ring is 1. The van der Waals surface area contributed by atoms with E-state index >= 15 is 0 Å². The van der Waals surface area contributed by atoms with Gasteiger partial charge in [0.2, 0.25) is 10.0 Å². The summed E-state index contributed by atoms with van der Waals surface area (Å²) in [5, 5.41) is 10.0. The molecule has 0 heterocycles. The fourth-order valence-electron chi connectivity index (χ4n) is 1.42. The molecular formula is C13H22N2O4S. The molecular weight excluding hydrogens is 280 g/mol. The molecule has 0 aliphatic heterocycles. The Morgan fingerprint density at radius 3 is 2.25 bits per heavy atom. The highest BCUT2D eigenvalue weighted by molar-refractivity contribution is 7.89. The van der Waals surface area contributed by atoms with Crippen molar-refractivity contribution >= 4 is 15.7 Å². The molecule has 0 fully saturated rings. The molecule has 4 N–H and O–H groups in total. The molecule has 6 nitrogen and oxygen atoms in total. The summed E-state index contributed by atoms with van der Waals surface area (Å²) in [7, 11) is -2.48. The van der Waals surface area contributed by atoms with Crippen LogP contribution < -0.4 is 15.2 Å². The number of hydrogen-bond donors (Lipinski definition) is 3. The zero-order chi connectivity index (χ0) is 15.8. The summed E-state index contributed by atoms with van der Waals surface area (Å²) >= 11 is 0. The van der Waals surface area contributed by atoms with Gasteiger partial charge in [-0.05, 0) is 39.8 Å². The van der Waals surface area contributed by atoms with Gasteiger partial charge in [-0.3, -0.25) is 0 Å². The lowest BCUT2D eigenvalue weighted by Gasteiger charge is -2.37. The lowest BCUT2D eigenvalue weighted by molar-refractivity contribution is 0.00637. The summed E-state index contributed by atoms with van der Waals surface area (Å²) in [5.74, 6) is 0.157. The highest BCUT2D eigenvalue weighted by Gasteiger charge is 2.39. The van der Waals surface area contributed by atoms with Gasteiger partial charge in [-0.25, -0.2) is 13.1 Å². The molecule has 0 saturated carbocycles. The minimum atomic E-state index is -3.85. The first-order chi connectivity index (χ1) is 8.90. The molecule has 0 radical (unpaired) electrons. The first-order valence-electron chi connectivity index (χ1n) is 6.10. The van der Waals surface area contributed by atoms with Gasteiger partial charge in [0.25, 0.3) is 0 Å². The summed E-state index contributed by atoms with van der Waals surface area (Å²) in [6.07, 6.45) is 0. The van der Waals surface area contributed by atoms with Crippen LogP contribution in [-0.4, -0.2) is 31.8 Å². The van der Waals surface area contributed by atoms with Crippen LogP contribution >= 0.6 is 0 Å². The molecule has 20 heavy (non-hydrogen) atoms. The molecule has 0 amide bonds. The van der Waals surface area contributed by atoms with Crippen molar-refractivity contribution in [2.75, 3.05) is 12.8 Å². The van der Waals surface area contributed by atoms with Gasteiger partial charge in [0.1, 0.15) is 10.6 Å². The number of benzene rings is 1.